The summed E-state index contributed by atoms with van der Waals surface area (Å²) in [5.41, 5.74) is 3.83. The lowest BCUT2D eigenvalue weighted by molar-refractivity contribution is 0.102. The van der Waals surface area contributed by atoms with Crippen molar-refractivity contribution in [3.05, 3.63) is 59.9 Å². The number of hydrogen-bond donors (Lipinski definition) is 3. The van der Waals surface area contributed by atoms with Crippen LogP contribution in [0.25, 0.3) is 11.3 Å². The van der Waals surface area contributed by atoms with Crippen LogP contribution >= 0.6 is 0 Å². The number of pyridine rings is 1. The summed E-state index contributed by atoms with van der Waals surface area (Å²) in [6.07, 6.45) is 4.04. The molecule has 1 aliphatic rings. The van der Waals surface area contributed by atoms with Gasteiger partial charge in [-0.3, -0.25) is 4.79 Å². The van der Waals surface area contributed by atoms with Crippen molar-refractivity contribution >= 4 is 17.3 Å². The number of anilines is 2. The number of carbonyl (C=O) groups excluding carboxylic acids is 1. The number of piperidine rings is 1. The van der Waals surface area contributed by atoms with E-state index in [1.807, 2.05) is 0 Å². The van der Waals surface area contributed by atoms with Crippen molar-refractivity contribution in [1.29, 1.82) is 0 Å². The average Bonchev–Trinajstić information content (AvgIpc) is 2.77. The van der Waals surface area contributed by atoms with Crippen molar-refractivity contribution in [3.8, 4) is 17.1 Å². The van der Waals surface area contributed by atoms with Crippen LogP contribution in [-0.2, 0) is 0 Å². The molecule has 1 amide bonds. The Bertz CT molecular complexity index is 1130. The number of nitrogens with zero attached hydrogens (tertiary/aromatic N) is 3. The van der Waals surface area contributed by atoms with Crippen LogP contribution in [-0.4, -0.2) is 40.1 Å². The van der Waals surface area contributed by atoms with Crippen LogP contribution in [0.4, 0.5) is 24.5 Å². The van der Waals surface area contributed by atoms with Gasteiger partial charge in [0.2, 0.25) is 5.88 Å². The Labute approximate surface area is 181 Å². The molecule has 0 saturated carbocycles. The van der Waals surface area contributed by atoms with Gasteiger partial charge >= 0.3 is 0 Å². The van der Waals surface area contributed by atoms with Crippen LogP contribution in [0, 0.1) is 17.5 Å². The van der Waals surface area contributed by atoms with E-state index in [0.717, 1.165) is 50.2 Å². The molecule has 0 aliphatic carbocycles. The topological polar surface area (TPSA) is 115 Å². The van der Waals surface area contributed by atoms with Gasteiger partial charge in [-0.2, -0.15) is 4.98 Å². The Hall–Kier alpha value is -3.73. The molecule has 11 heteroatoms. The molecule has 0 radical (unpaired) electrons. The minimum absolute atomic E-state index is 0.0912. The molecule has 1 saturated heterocycles. The molecule has 0 spiro atoms. The highest BCUT2D eigenvalue weighted by Crippen LogP contribution is 2.30. The zero-order valence-electron chi connectivity index (χ0n) is 16.7. The quantitative estimate of drug-likeness (QED) is 0.554. The van der Waals surface area contributed by atoms with Gasteiger partial charge in [-0.15, -0.1) is 0 Å². The van der Waals surface area contributed by atoms with Crippen LogP contribution in [0.3, 0.4) is 0 Å². The van der Waals surface area contributed by atoms with Gasteiger partial charge < -0.3 is 21.1 Å². The number of ether oxygens (including phenoxy) is 1. The molecule has 2 aromatic heterocycles. The largest absolute Gasteiger partial charge is 0.473 e. The Morgan fingerprint density at radius 3 is 2.59 bits per heavy atom. The predicted molar refractivity (Wildman–Crippen MR) is 110 cm³/mol. The first-order valence-electron chi connectivity index (χ1n) is 9.83. The van der Waals surface area contributed by atoms with Crippen molar-refractivity contribution < 1.29 is 22.7 Å². The zero-order chi connectivity index (χ0) is 22.7. The fourth-order valence-electron chi connectivity index (χ4n) is 3.33. The summed E-state index contributed by atoms with van der Waals surface area (Å²) in [6.45, 7) is 1.59. The normalized spacial score (nSPS) is 14.2. The van der Waals surface area contributed by atoms with Crippen molar-refractivity contribution in [2.75, 3.05) is 24.1 Å². The molecule has 3 aromatic rings. The second kappa shape index (κ2) is 9.18. The summed E-state index contributed by atoms with van der Waals surface area (Å²) in [7, 11) is 0. The third-order valence-electron chi connectivity index (χ3n) is 4.91. The fourth-order valence-corrected chi connectivity index (χ4v) is 3.33. The molecule has 4 rings (SSSR count). The molecule has 8 nitrogen and oxygen atoms in total. The molecule has 32 heavy (non-hydrogen) atoms. The van der Waals surface area contributed by atoms with E-state index < -0.39 is 40.3 Å². The van der Waals surface area contributed by atoms with Gasteiger partial charge in [0.25, 0.3) is 5.91 Å². The lowest BCUT2D eigenvalue weighted by Gasteiger charge is -2.24. The monoisotopic (exact) mass is 444 g/mol. The number of nitrogens with two attached hydrogens (primary N) is 1. The highest BCUT2D eigenvalue weighted by molar-refractivity contribution is 6.07. The number of amides is 1. The number of halogens is 3. The Morgan fingerprint density at radius 2 is 1.88 bits per heavy atom. The van der Waals surface area contributed by atoms with Crippen molar-refractivity contribution in [2.45, 2.75) is 18.9 Å². The van der Waals surface area contributed by atoms with E-state index in [1.54, 1.807) is 0 Å². The average molecular weight is 444 g/mol. The zero-order valence-corrected chi connectivity index (χ0v) is 16.7. The minimum Gasteiger partial charge on any atom is -0.473 e. The number of nitrogens with one attached hydrogen (secondary N) is 2. The van der Waals surface area contributed by atoms with E-state index in [1.165, 1.54) is 12.5 Å². The summed E-state index contributed by atoms with van der Waals surface area (Å²) >= 11 is 0. The first kappa shape index (κ1) is 21.5. The third-order valence-corrected chi connectivity index (χ3v) is 4.91. The molecule has 3 heterocycles. The van der Waals surface area contributed by atoms with Gasteiger partial charge in [-0.05, 0) is 38.1 Å². The van der Waals surface area contributed by atoms with E-state index in [2.05, 4.69) is 25.6 Å². The molecule has 4 N–H and O–H groups in total. The number of nitrogen functional groups attached to an aromatic ring is 1. The molecular formula is C21H19F3N6O2. The maximum atomic E-state index is 14.4. The first-order chi connectivity index (χ1) is 15.4. The van der Waals surface area contributed by atoms with Crippen molar-refractivity contribution in [2.24, 2.45) is 0 Å². The Kier molecular flexibility index (Phi) is 6.17. The van der Waals surface area contributed by atoms with Gasteiger partial charge in [-0.25, -0.2) is 23.1 Å². The van der Waals surface area contributed by atoms with Crippen LogP contribution in [0.1, 0.15) is 23.3 Å². The van der Waals surface area contributed by atoms with Gasteiger partial charge in [0, 0.05) is 6.07 Å². The highest BCUT2D eigenvalue weighted by Gasteiger charge is 2.23. The van der Waals surface area contributed by atoms with Gasteiger partial charge in [0.05, 0.1) is 17.4 Å². The van der Waals surface area contributed by atoms with Crippen molar-refractivity contribution in [3.63, 3.8) is 0 Å². The van der Waals surface area contributed by atoms with Crippen LogP contribution < -0.4 is 21.1 Å². The molecular weight excluding hydrogens is 425 g/mol. The number of rotatable bonds is 5. The minimum atomic E-state index is -1.07. The molecule has 1 aliphatic heterocycles. The molecule has 0 atom stereocenters. The lowest BCUT2D eigenvalue weighted by atomic mass is 10.1. The molecule has 0 bridgehead atoms. The maximum Gasteiger partial charge on any atom is 0.276 e. The summed E-state index contributed by atoms with van der Waals surface area (Å²) in [6, 6.07) is 3.84. The number of hydrogen-bond acceptors (Lipinski definition) is 7. The third kappa shape index (κ3) is 4.47. The summed E-state index contributed by atoms with van der Waals surface area (Å²) < 4.78 is 48.6. The van der Waals surface area contributed by atoms with E-state index >= 15 is 0 Å². The second-order valence-corrected chi connectivity index (χ2v) is 7.12. The van der Waals surface area contributed by atoms with Crippen LogP contribution in [0.2, 0.25) is 0 Å². The van der Waals surface area contributed by atoms with Gasteiger partial charge in [0.15, 0.2) is 11.5 Å². The van der Waals surface area contributed by atoms with Crippen molar-refractivity contribution in [1.82, 2.24) is 20.3 Å². The van der Waals surface area contributed by atoms with E-state index in [-0.39, 0.29) is 23.4 Å². The predicted octanol–water partition coefficient (Wildman–Crippen LogP) is 2.92. The molecule has 1 aromatic carbocycles. The first-order valence-corrected chi connectivity index (χ1v) is 9.83. The van der Waals surface area contributed by atoms with E-state index in [0.29, 0.717) is 0 Å². The number of benzene rings is 1. The fraction of sp³-hybridized carbons (Fsp3) is 0.238. The Morgan fingerprint density at radius 1 is 1.16 bits per heavy atom. The summed E-state index contributed by atoms with van der Waals surface area (Å²) in [4.78, 5) is 24.6. The van der Waals surface area contributed by atoms with Gasteiger partial charge in [-0.1, -0.05) is 6.07 Å². The van der Waals surface area contributed by atoms with Gasteiger partial charge in [0.1, 0.15) is 35.4 Å². The van der Waals surface area contributed by atoms with Crippen LogP contribution in [0.15, 0.2) is 36.8 Å². The Balaban J connectivity index is 1.63. The van der Waals surface area contributed by atoms with E-state index in [4.69, 9.17) is 10.5 Å². The summed E-state index contributed by atoms with van der Waals surface area (Å²) in [5.74, 6) is -3.81. The smallest absolute Gasteiger partial charge is 0.276 e. The standard InChI is InChI=1S/C21H19F3N6O2/c22-12-2-1-3-13(23)17(12)18-14(24)8-15(25)19(30-18)20(31)29-16-9-27-10-28-21(16)32-11-4-6-26-7-5-11/h1-3,8-11,26H,4-7,25H2,(H,29,31). The number of aromatic nitrogens is 3. The molecule has 166 valence electrons. The number of carbonyl (C=O) groups is 1. The van der Waals surface area contributed by atoms with Crippen LogP contribution in [0.5, 0.6) is 5.88 Å². The SMILES string of the molecule is Nc1cc(F)c(-c2c(F)cccc2F)nc1C(=O)Nc1cncnc1OC1CCNCC1. The summed E-state index contributed by atoms with van der Waals surface area (Å²) in [5, 5.41) is 5.75. The maximum absolute atomic E-state index is 14.4. The molecule has 1 fully saturated rings. The second-order valence-electron chi connectivity index (χ2n) is 7.12. The lowest BCUT2D eigenvalue weighted by Crippen LogP contribution is -2.34. The highest BCUT2D eigenvalue weighted by atomic mass is 19.1. The van der Waals surface area contributed by atoms with E-state index in [9.17, 15) is 18.0 Å². The molecule has 0 unspecified atom stereocenters.